The zero-order chi connectivity index (χ0) is 11.7. The third kappa shape index (κ3) is 1.61. The molecule has 0 spiro atoms. The third-order valence-corrected chi connectivity index (χ3v) is 2.84. The average molecular weight is 218 g/mol. The normalized spacial score (nSPS) is 19.2. The number of fused-ring (bicyclic) bond motifs is 1. The minimum atomic E-state index is -0.467. The number of amides is 1. The first-order chi connectivity index (χ1) is 7.65. The van der Waals surface area contributed by atoms with Crippen molar-refractivity contribution in [2.45, 2.75) is 19.4 Å². The number of hydrogen-bond donors (Lipinski definition) is 2. The van der Waals surface area contributed by atoms with Gasteiger partial charge in [0.05, 0.1) is 11.6 Å². The van der Waals surface area contributed by atoms with Crippen molar-refractivity contribution in [2.75, 3.05) is 6.54 Å². The number of rotatable bonds is 2. The van der Waals surface area contributed by atoms with E-state index in [0.717, 1.165) is 5.56 Å². The number of carbonyl (C=O) groups excluding carboxylic acids is 2. The van der Waals surface area contributed by atoms with Crippen LogP contribution < -0.4 is 11.1 Å². The molecule has 1 aromatic carbocycles. The second kappa shape index (κ2) is 4.06. The van der Waals surface area contributed by atoms with Crippen LogP contribution in [0.5, 0.6) is 0 Å². The Hall–Kier alpha value is -1.68. The molecular weight excluding hydrogens is 204 g/mol. The maximum atomic E-state index is 12.1. The maximum absolute atomic E-state index is 12.1. The Bertz CT molecular complexity index is 454. The van der Waals surface area contributed by atoms with Crippen molar-refractivity contribution in [1.29, 1.82) is 0 Å². The maximum Gasteiger partial charge on any atom is 0.252 e. The summed E-state index contributed by atoms with van der Waals surface area (Å²) in [4.78, 5) is 23.9. The molecule has 84 valence electrons. The summed E-state index contributed by atoms with van der Waals surface area (Å²) in [5, 5.41) is 2.68. The molecular formula is C12H14N2O2. The lowest BCUT2D eigenvalue weighted by Crippen LogP contribution is -2.47. The van der Waals surface area contributed by atoms with E-state index in [2.05, 4.69) is 5.32 Å². The summed E-state index contributed by atoms with van der Waals surface area (Å²) in [7, 11) is 0. The molecule has 0 aromatic heterocycles. The van der Waals surface area contributed by atoms with Gasteiger partial charge < -0.3 is 11.1 Å². The molecule has 3 N–H and O–H groups in total. The first-order valence-corrected chi connectivity index (χ1v) is 5.30. The lowest BCUT2D eigenvalue weighted by molar-refractivity contribution is 0.0824. The van der Waals surface area contributed by atoms with E-state index in [1.807, 2.05) is 13.0 Å². The van der Waals surface area contributed by atoms with E-state index >= 15 is 0 Å². The van der Waals surface area contributed by atoms with E-state index in [1.165, 1.54) is 0 Å². The van der Waals surface area contributed by atoms with Gasteiger partial charge in [-0.25, -0.2) is 0 Å². The number of hydrogen-bond acceptors (Lipinski definition) is 3. The smallest absolute Gasteiger partial charge is 0.252 e. The van der Waals surface area contributed by atoms with Crippen LogP contribution in [0.4, 0.5) is 0 Å². The van der Waals surface area contributed by atoms with Crippen molar-refractivity contribution in [3.8, 4) is 0 Å². The van der Waals surface area contributed by atoms with Gasteiger partial charge >= 0.3 is 0 Å². The van der Waals surface area contributed by atoms with Gasteiger partial charge in [0.2, 0.25) is 0 Å². The SMILES string of the molecule is Cc1cccc2c1C(=O)[C@H](CCN)NC2=O. The number of benzene rings is 1. The van der Waals surface area contributed by atoms with Crippen LogP contribution in [-0.2, 0) is 0 Å². The molecule has 0 fully saturated rings. The van der Waals surface area contributed by atoms with Crippen molar-refractivity contribution in [3.63, 3.8) is 0 Å². The van der Waals surface area contributed by atoms with Crippen molar-refractivity contribution in [2.24, 2.45) is 5.73 Å². The fourth-order valence-corrected chi connectivity index (χ4v) is 2.03. The topological polar surface area (TPSA) is 72.2 Å². The molecule has 1 aliphatic heterocycles. The van der Waals surface area contributed by atoms with Gasteiger partial charge in [-0.2, -0.15) is 0 Å². The molecule has 1 amide bonds. The van der Waals surface area contributed by atoms with Crippen LogP contribution in [0, 0.1) is 6.92 Å². The standard InChI is InChI=1S/C12H14N2O2/c1-7-3-2-4-8-10(7)11(15)9(5-6-13)14-12(8)16/h2-4,9H,5-6,13H2,1H3,(H,14,16)/t9-/m0/s1. The van der Waals surface area contributed by atoms with Crippen LogP contribution in [0.15, 0.2) is 18.2 Å². The summed E-state index contributed by atoms with van der Waals surface area (Å²) < 4.78 is 0. The van der Waals surface area contributed by atoms with Gasteiger partial charge in [-0.15, -0.1) is 0 Å². The van der Waals surface area contributed by atoms with Gasteiger partial charge in [-0.3, -0.25) is 9.59 Å². The minimum absolute atomic E-state index is 0.0295. The molecule has 0 unspecified atom stereocenters. The van der Waals surface area contributed by atoms with Crippen LogP contribution in [0.1, 0.15) is 32.7 Å². The molecule has 0 saturated heterocycles. The van der Waals surface area contributed by atoms with Gasteiger partial charge in [0.15, 0.2) is 5.78 Å². The monoisotopic (exact) mass is 218 g/mol. The van der Waals surface area contributed by atoms with Crippen LogP contribution in [0.3, 0.4) is 0 Å². The summed E-state index contributed by atoms with van der Waals surface area (Å²) in [5.41, 5.74) is 7.28. The van der Waals surface area contributed by atoms with E-state index in [9.17, 15) is 9.59 Å². The highest BCUT2D eigenvalue weighted by Gasteiger charge is 2.32. The molecule has 1 atom stereocenters. The van der Waals surface area contributed by atoms with Gasteiger partial charge in [-0.1, -0.05) is 12.1 Å². The van der Waals surface area contributed by atoms with Crippen LogP contribution in [-0.4, -0.2) is 24.3 Å². The number of nitrogens with two attached hydrogens (primary N) is 1. The number of carbonyl (C=O) groups is 2. The number of Topliss-reactive ketones (excluding diaryl/α,β-unsaturated/α-hetero) is 1. The predicted molar refractivity (Wildman–Crippen MR) is 60.4 cm³/mol. The molecule has 0 bridgehead atoms. The van der Waals surface area contributed by atoms with E-state index in [4.69, 9.17) is 5.73 Å². The summed E-state index contributed by atoms with van der Waals surface area (Å²) in [5.74, 6) is -0.213. The fraction of sp³-hybridized carbons (Fsp3) is 0.333. The molecule has 4 heteroatoms. The van der Waals surface area contributed by atoms with E-state index in [-0.39, 0.29) is 11.7 Å². The zero-order valence-corrected chi connectivity index (χ0v) is 9.12. The van der Waals surface area contributed by atoms with Crippen molar-refractivity contribution in [1.82, 2.24) is 5.32 Å². The Kier molecular flexibility index (Phi) is 2.75. The van der Waals surface area contributed by atoms with E-state index < -0.39 is 6.04 Å². The third-order valence-electron chi connectivity index (χ3n) is 2.84. The van der Waals surface area contributed by atoms with Gasteiger partial charge in [0.25, 0.3) is 5.91 Å². The second-order valence-electron chi connectivity index (χ2n) is 3.97. The largest absolute Gasteiger partial charge is 0.342 e. The molecule has 1 aromatic rings. The number of aryl methyl sites for hydroxylation is 1. The Morgan fingerprint density at radius 3 is 2.81 bits per heavy atom. The molecule has 0 aliphatic carbocycles. The molecule has 0 radical (unpaired) electrons. The second-order valence-corrected chi connectivity index (χ2v) is 3.97. The van der Waals surface area contributed by atoms with Gasteiger partial charge in [0, 0.05) is 5.56 Å². The summed E-state index contributed by atoms with van der Waals surface area (Å²) >= 11 is 0. The number of ketones is 1. The van der Waals surface area contributed by atoms with Crippen LogP contribution >= 0.6 is 0 Å². The first kappa shape index (κ1) is 10.8. The summed E-state index contributed by atoms with van der Waals surface area (Å²) in [6.07, 6.45) is 0.484. The zero-order valence-electron chi connectivity index (χ0n) is 9.12. The Balaban J connectivity index is 2.49. The highest BCUT2D eigenvalue weighted by molar-refractivity contribution is 6.15. The number of nitrogens with one attached hydrogen (secondary N) is 1. The van der Waals surface area contributed by atoms with E-state index in [0.29, 0.717) is 24.1 Å². The highest BCUT2D eigenvalue weighted by Crippen LogP contribution is 2.21. The minimum Gasteiger partial charge on any atom is -0.342 e. The predicted octanol–water partition coefficient (Wildman–Crippen LogP) is 0.639. The quantitative estimate of drug-likeness (QED) is 0.765. The molecule has 16 heavy (non-hydrogen) atoms. The molecule has 0 saturated carbocycles. The molecule has 2 rings (SSSR count). The summed E-state index contributed by atoms with van der Waals surface area (Å²) in [6.45, 7) is 2.23. The van der Waals surface area contributed by atoms with Crippen molar-refractivity contribution < 1.29 is 9.59 Å². The first-order valence-electron chi connectivity index (χ1n) is 5.30. The Morgan fingerprint density at radius 2 is 2.12 bits per heavy atom. The average Bonchev–Trinajstić information content (AvgIpc) is 2.25. The highest BCUT2D eigenvalue weighted by atomic mass is 16.2. The van der Waals surface area contributed by atoms with Gasteiger partial charge in [-0.05, 0) is 31.5 Å². The molecule has 4 nitrogen and oxygen atoms in total. The lowest BCUT2D eigenvalue weighted by Gasteiger charge is -2.25. The van der Waals surface area contributed by atoms with Crippen LogP contribution in [0.2, 0.25) is 0 Å². The van der Waals surface area contributed by atoms with E-state index in [1.54, 1.807) is 12.1 Å². The Morgan fingerprint density at radius 1 is 1.38 bits per heavy atom. The fourth-order valence-electron chi connectivity index (χ4n) is 2.03. The molecule has 1 aliphatic rings. The Labute approximate surface area is 93.8 Å². The molecule has 1 heterocycles. The van der Waals surface area contributed by atoms with Gasteiger partial charge in [0.1, 0.15) is 0 Å². The van der Waals surface area contributed by atoms with Crippen LogP contribution in [0.25, 0.3) is 0 Å². The van der Waals surface area contributed by atoms with Crippen molar-refractivity contribution in [3.05, 3.63) is 34.9 Å². The summed E-state index contributed by atoms with van der Waals surface area (Å²) in [6, 6.07) is 4.83. The lowest BCUT2D eigenvalue weighted by atomic mass is 9.89. The van der Waals surface area contributed by atoms with Crippen molar-refractivity contribution >= 4 is 11.7 Å².